The highest BCUT2D eigenvalue weighted by atomic mass is 35.6. The summed E-state index contributed by atoms with van der Waals surface area (Å²) in [5.74, 6) is -0.0703. The molecule has 2 unspecified atom stereocenters. The average molecular weight is 251 g/mol. The molecule has 2 atom stereocenters. The second-order valence-electron chi connectivity index (χ2n) is 5.69. The van der Waals surface area contributed by atoms with Gasteiger partial charge < -0.3 is 4.74 Å². The molecular weight excluding hydrogens is 232 g/mol. The third kappa shape index (κ3) is 1.68. The van der Waals surface area contributed by atoms with Crippen LogP contribution in [0.15, 0.2) is 0 Å². The normalized spacial score (nSPS) is 29.8. The summed E-state index contributed by atoms with van der Waals surface area (Å²) in [6.45, 7) is 12.9. The quantitative estimate of drug-likeness (QED) is 0.438. The van der Waals surface area contributed by atoms with Crippen molar-refractivity contribution in [3.05, 3.63) is 0 Å². The maximum absolute atomic E-state index is 11.5. The fourth-order valence-corrected chi connectivity index (χ4v) is 8.62. The molecule has 0 saturated carbocycles. The minimum atomic E-state index is -2.07. The summed E-state index contributed by atoms with van der Waals surface area (Å²) in [5, 5.41) is -0.584. The van der Waals surface area contributed by atoms with Gasteiger partial charge in [-0.15, -0.1) is 0 Å². The fourth-order valence-electron chi connectivity index (χ4n) is 1.87. The Kier molecular flexibility index (Phi) is 2.71. The number of epoxide rings is 1. The third-order valence-corrected chi connectivity index (χ3v) is 9.95. The molecule has 1 rings (SSSR count). The highest BCUT2D eigenvalue weighted by Gasteiger charge is 2.72. The van der Waals surface area contributed by atoms with Gasteiger partial charge in [0.2, 0.25) is 12.6 Å². The van der Waals surface area contributed by atoms with Gasteiger partial charge in [-0.1, -0.05) is 39.7 Å². The van der Waals surface area contributed by atoms with Crippen LogP contribution in [0.1, 0.15) is 6.92 Å². The molecular formula is C9H19ClO2Si2. The minimum absolute atomic E-state index is 0.0703. The first-order chi connectivity index (χ1) is 6.03. The zero-order valence-corrected chi connectivity index (χ0v) is 12.5. The van der Waals surface area contributed by atoms with Gasteiger partial charge in [-0.25, -0.2) is 4.79 Å². The van der Waals surface area contributed by atoms with Crippen molar-refractivity contribution < 1.29 is 9.53 Å². The van der Waals surface area contributed by atoms with Crippen molar-refractivity contribution in [3.63, 3.8) is 0 Å². The molecule has 0 aromatic carbocycles. The van der Waals surface area contributed by atoms with Gasteiger partial charge in [0, 0.05) is 0 Å². The molecule has 82 valence electrons. The topological polar surface area (TPSA) is 29.6 Å². The molecule has 1 aliphatic heterocycles. The lowest BCUT2D eigenvalue weighted by atomic mass is 10.3. The fraction of sp³-hybridized carbons (Fsp3) is 0.889. The summed E-state index contributed by atoms with van der Waals surface area (Å²) in [4.78, 5) is 11.5. The van der Waals surface area contributed by atoms with Crippen molar-refractivity contribution in [2.45, 2.75) is 50.4 Å². The number of cyclic esters (lactones) is 1. The maximum Gasteiger partial charge on any atom is 0.349 e. The van der Waals surface area contributed by atoms with Crippen LogP contribution in [-0.4, -0.2) is 26.7 Å². The minimum Gasteiger partial charge on any atom is -0.447 e. The highest BCUT2D eigenvalue weighted by Crippen LogP contribution is 2.52. The summed E-state index contributed by atoms with van der Waals surface area (Å²) >= 11 is 6.40. The van der Waals surface area contributed by atoms with Gasteiger partial charge >= 0.3 is 5.97 Å². The summed E-state index contributed by atoms with van der Waals surface area (Å²) in [6, 6.07) is 0. The Labute approximate surface area is 92.7 Å². The second kappa shape index (κ2) is 3.09. The van der Waals surface area contributed by atoms with Crippen LogP contribution < -0.4 is 0 Å². The molecule has 1 aliphatic rings. The lowest BCUT2D eigenvalue weighted by Gasteiger charge is -2.33. The van der Waals surface area contributed by atoms with Gasteiger partial charge in [0.25, 0.3) is 0 Å². The Balaban J connectivity index is 3.01. The molecule has 1 fully saturated rings. The zero-order chi connectivity index (χ0) is 11.4. The molecule has 0 aromatic rings. The molecule has 0 amide bonds. The second-order valence-corrected chi connectivity index (χ2v) is 17.8. The molecule has 0 N–H and O–H groups in total. The van der Waals surface area contributed by atoms with Crippen LogP contribution in [0.25, 0.3) is 0 Å². The van der Waals surface area contributed by atoms with E-state index < -0.39 is 20.7 Å². The number of halogens is 1. The number of hydrogen-bond acceptors (Lipinski definition) is 2. The van der Waals surface area contributed by atoms with Crippen molar-refractivity contribution in [1.82, 2.24) is 0 Å². The number of carbonyl (C=O) groups excluding carboxylic acids is 1. The van der Waals surface area contributed by atoms with Crippen molar-refractivity contribution in [1.29, 1.82) is 0 Å². The molecule has 0 spiro atoms. The van der Waals surface area contributed by atoms with Crippen molar-refractivity contribution in [3.8, 4) is 0 Å². The molecule has 0 radical (unpaired) electrons. The van der Waals surface area contributed by atoms with Crippen LogP contribution >= 0.6 is 11.1 Å². The van der Waals surface area contributed by atoms with Crippen LogP contribution in [0.3, 0.4) is 0 Å². The Morgan fingerprint density at radius 2 is 1.64 bits per heavy atom. The summed E-state index contributed by atoms with van der Waals surface area (Å²) in [7, 11) is -3.46. The lowest BCUT2D eigenvalue weighted by molar-refractivity contribution is -0.117. The molecule has 14 heavy (non-hydrogen) atoms. The van der Waals surface area contributed by atoms with Crippen LogP contribution in [0.4, 0.5) is 0 Å². The van der Waals surface area contributed by atoms with E-state index in [2.05, 4.69) is 26.6 Å². The van der Waals surface area contributed by atoms with Crippen LogP contribution in [0.2, 0.25) is 38.3 Å². The molecule has 0 aliphatic carbocycles. The largest absolute Gasteiger partial charge is 0.447 e. The van der Waals surface area contributed by atoms with E-state index >= 15 is 0 Å². The molecule has 0 bridgehead atoms. The number of rotatable bonds is 3. The Morgan fingerprint density at radius 3 is 1.71 bits per heavy atom. The van der Waals surface area contributed by atoms with Gasteiger partial charge in [0.15, 0.2) is 0 Å². The first-order valence-electron chi connectivity index (χ1n) is 4.96. The Hall–Kier alpha value is 0.194. The first-order valence-corrected chi connectivity index (χ1v) is 12.5. The van der Waals surface area contributed by atoms with Gasteiger partial charge in [-0.2, -0.15) is 11.1 Å². The molecule has 1 saturated heterocycles. The predicted octanol–water partition coefficient (Wildman–Crippen LogP) is 2.99. The average Bonchev–Trinajstić information content (AvgIpc) is 2.58. The van der Waals surface area contributed by atoms with Crippen molar-refractivity contribution in [2.24, 2.45) is 0 Å². The zero-order valence-electron chi connectivity index (χ0n) is 9.77. The van der Waals surface area contributed by atoms with Crippen LogP contribution in [0.5, 0.6) is 0 Å². The van der Waals surface area contributed by atoms with E-state index in [4.69, 9.17) is 15.8 Å². The molecule has 5 heteroatoms. The van der Waals surface area contributed by atoms with Crippen molar-refractivity contribution >= 4 is 32.5 Å². The molecule has 2 nitrogen and oxygen atoms in total. The van der Waals surface area contributed by atoms with E-state index in [0.717, 1.165) is 0 Å². The Bertz CT molecular complexity index is 267. The third-order valence-electron chi connectivity index (χ3n) is 3.31. The van der Waals surface area contributed by atoms with Crippen molar-refractivity contribution in [2.75, 3.05) is 0 Å². The van der Waals surface area contributed by atoms with Gasteiger partial charge in [0.05, 0.1) is 8.07 Å². The highest BCUT2D eigenvalue weighted by molar-refractivity contribution is 7.23. The smallest absolute Gasteiger partial charge is 0.349 e. The van der Waals surface area contributed by atoms with E-state index in [0.29, 0.717) is 5.54 Å². The number of carbonyl (C=O) groups is 1. The Morgan fingerprint density at radius 1 is 1.29 bits per heavy atom. The van der Waals surface area contributed by atoms with Gasteiger partial charge in [-0.3, -0.25) is 0 Å². The standard InChI is InChI=1S/C9H19ClO2Si2/c1-7(13(2,3)4)9(8(11)12-9)14(5,6)10/h7H,1-6H3. The van der Waals surface area contributed by atoms with Crippen LogP contribution in [-0.2, 0) is 9.53 Å². The van der Waals surface area contributed by atoms with E-state index in [-0.39, 0.29) is 5.97 Å². The van der Waals surface area contributed by atoms with E-state index in [1.807, 2.05) is 13.1 Å². The number of ether oxygens (including phenoxy) is 1. The number of hydrogen-bond donors (Lipinski definition) is 0. The summed E-state index contributed by atoms with van der Waals surface area (Å²) in [6.07, 6.45) is 0. The predicted molar refractivity (Wildman–Crippen MR) is 64.9 cm³/mol. The van der Waals surface area contributed by atoms with E-state index in [1.165, 1.54) is 0 Å². The van der Waals surface area contributed by atoms with Gasteiger partial charge in [0.1, 0.15) is 0 Å². The molecule has 0 aromatic heterocycles. The van der Waals surface area contributed by atoms with E-state index in [1.54, 1.807) is 0 Å². The summed E-state index contributed by atoms with van der Waals surface area (Å²) < 4.78 is 5.28. The lowest BCUT2D eigenvalue weighted by Crippen LogP contribution is -2.50. The monoisotopic (exact) mass is 250 g/mol. The SMILES string of the molecule is CC(C1([Si](C)(C)Cl)OC1=O)[Si](C)(C)C. The van der Waals surface area contributed by atoms with Gasteiger partial charge in [-0.05, 0) is 5.54 Å². The summed E-state index contributed by atoms with van der Waals surface area (Å²) in [5.41, 5.74) is 0.307. The molecule has 1 heterocycles. The maximum atomic E-state index is 11.5. The van der Waals surface area contributed by atoms with E-state index in [9.17, 15) is 4.79 Å². The first kappa shape index (κ1) is 12.3. The van der Waals surface area contributed by atoms with Crippen LogP contribution in [0, 0.1) is 0 Å².